The van der Waals surface area contributed by atoms with Crippen molar-refractivity contribution in [3.05, 3.63) is 71.8 Å². The molecule has 4 nitrogen and oxygen atoms in total. The van der Waals surface area contributed by atoms with Gasteiger partial charge in [0.2, 0.25) is 10.0 Å². The number of aryl methyl sites for hydroxylation is 1. The Morgan fingerprint density at radius 1 is 0.960 bits per heavy atom. The summed E-state index contributed by atoms with van der Waals surface area (Å²) in [7, 11) is -2.00. The van der Waals surface area contributed by atoms with E-state index in [4.69, 9.17) is 4.74 Å². The zero-order chi connectivity index (χ0) is 18.0. The summed E-state index contributed by atoms with van der Waals surface area (Å²) in [4.78, 5) is 0.255. The lowest BCUT2D eigenvalue weighted by Crippen LogP contribution is -2.27. The number of rotatable bonds is 5. The van der Waals surface area contributed by atoms with E-state index < -0.39 is 10.0 Å². The molecular formula is C20H21NO3S. The number of hydrogen-bond donors (Lipinski definition) is 1. The molecule has 130 valence electrons. The van der Waals surface area contributed by atoms with E-state index in [1.165, 1.54) is 0 Å². The molecule has 0 aliphatic heterocycles. The Morgan fingerprint density at radius 2 is 1.64 bits per heavy atom. The number of nitrogens with one attached hydrogen (secondary N) is 1. The van der Waals surface area contributed by atoms with Crippen molar-refractivity contribution in [1.82, 2.24) is 4.72 Å². The molecule has 0 aromatic heterocycles. The standard InChI is InChI=1S/C20H21NO3S/c1-14-6-4-5-7-20(14)15(2)21-25(22,23)19-11-9-16-12-18(24-3)10-8-17(16)13-19/h4-13,15,21H,1-3H3/t15-/m1/s1. The summed E-state index contributed by atoms with van der Waals surface area (Å²) in [6, 6.07) is 18.1. The van der Waals surface area contributed by atoms with Crippen LogP contribution in [0.15, 0.2) is 65.6 Å². The number of sulfonamides is 1. The van der Waals surface area contributed by atoms with Crippen LogP contribution in [0.25, 0.3) is 10.8 Å². The molecule has 25 heavy (non-hydrogen) atoms. The van der Waals surface area contributed by atoms with Gasteiger partial charge in [0.1, 0.15) is 5.75 Å². The third kappa shape index (κ3) is 3.67. The SMILES string of the molecule is COc1ccc2cc(S(=O)(=O)N[C@H](C)c3ccccc3C)ccc2c1. The van der Waals surface area contributed by atoms with Crippen molar-refractivity contribution < 1.29 is 13.2 Å². The van der Waals surface area contributed by atoms with Gasteiger partial charge in [-0.15, -0.1) is 0 Å². The monoisotopic (exact) mass is 355 g/mol. The molecule has 0 spiro atoms. The fraction of sp³-hybridized carbons (Fsp3) is 0.200. The fourth-order valence-electron chi connectivity index (χ4n) is 2.93. The zero-order valence-electron chi connectivity index (χ0n) is 14.5. The first-order valence-electron chi connectivity index (χ1n) is 8.06. The second-order valence-electron chi connectivity index (χ2n) is 6.07. The Kier molecular flexibility index (Phi) is 4.79. The van der Waals surface area contributed by atoms with E-state index in [0.29, 0.717) is 0 Å². The van der Waals surface area contributed by atoms with Crippen LogP contribution in [0.5, 0.6) is 5.75 Å². The maximum absolute atomic E-state index is 12.8. The normalized spacial score (nSPS) is 12.9. The molecule has 0 unspecified atom stereocenters. The third-order valence-electron chi connectivity index (χ3n) is 4.32. The molecule has 1 N–H and O–H groups in total. The van der Waals surface area contributed by atoms with Crippen LogP contribution >= 0.6 is 0 Å². The van der Waals surface area contributed by atoms with Crippen LogP contribution < -0.4 is 9.46 Å². The van der Waals surface area contributed by atoms with E-state index in [1.807, 2.05) is 56.3 Å². The first-order chi connectivity index (χ1) is 11.9. The van der Waals surface area contributed by atoms with Gasteiger partial charge in [-0.05, 0) is 60.0 Å². The molecule has 0 aliphatic rings. The second kappa shape index (κ2) is 6.86. The molecule has 3 aromatic rings. The second-order valence-corrected chi connectivity index (χ2v) is 7.79. The number of fused-ring (bicyclic) bond motifs is 1. The van der Waals surface area contributed by atoms with Gasteiger partial charge in [0, 0.05) is 6.04 Å². The summed E-state index contributed by atoms with van der Waals surface area (Å²) in [5, 5.41) is 1.79. The van der Waals surface area contributed by atoms with Crippen molar-refractivity contribution in [3.8, 4) is 5.75 Å². The Balaban J connectivity index is 1.91. The zero-order valence-corrected chi connectivity index (χ0v) is 15.3. The van der Waals surface area contributed by atoms with Crippen molar-refractivity contribution in [3.63, 3.8) is 0 Å². The molecule has 0 saturated heterocycles. The van der Waals surface area contributed by atoms with Gasteiger partial charge in [0.25, 0.3) is 0 Å². The van der Waals surface area contributed by atoms with Crippen molar-refractivity contribution >= 4 is 20.8 Å². The number of hydrogen-bond acceptors (Lipinski definition) is 3. The molecule has 0 amide bonds. The predicted octanol–water partition coefficient (Wildman–Crippen LogP) is 4.20. The maximum Gasteiger partial charge on any atom is 0.241 e. The summed E-state index contributed by atoms with van der Waals surface area (Å²) in [5.74, 6) is 0.745. The van der Waals surface area contributed by atoms with Gasteiger partial charge in [-0.1, -0.05) is 36.4 Å². The molecule has 0 bridgehead atoms. The lowest BCUT2D eigenvalue weighted by Gasteiger charge is -2.17. The summed E-state index contributed by atoms with van der Waals surface area (Å²) >= 11 is 0. The minimum Gasteiger partial charge on any atom is -0.497 e. The molecule has 5 heteroatoms. The van der Waals surface area contributed by atoms with Gasteiger partial charge in [-0.2, -0.15) is 0 Å². The van der Waals surface area contributed by atoms with E-state index in [0.717, 1.165) is 27.6 Å². The van der Waals surface area contributed by atoms with Gasteiger partial charge in [-0.25, -0.2) is 13.1 Å². The van der Waals surface area contributed by atoms with E-state index >= 15 is 0 Å². The highest BCUT2D eigenvalue weighted by Crippen LogP contribution is 2.25. The van der Waals surface area contributed by atoms with E-state index in [-0.39, 0.29) is 10.9 Å². The summed E-state index contributed by atoms with van der Waals surface area (Å²) in [6.45, 7) is 3.83. The minimum atomic E-state index is -3.61. The van der Waals surface area contributed by atoms with Crippen molar-refractivity contribution in [2.75, 3.05) is 7.11 Å². The number of methoxy groups -OCH3 is 1. The summed E-state index contributed by atoms with van der Waals surface area (Å²) < 4.78 is 33.5. The first kappa shape index (κ1) is 17.5. The highest BCUT2D eigenvalue weighted by molar-refractivity contribution is 7.89. The van der Waals surface area contributed by atoms with Gasteiger partial charge in [0.05, 0.1) is 12.0 Å². The van der Waals surface area contributed by atoms with Crippen LogP contribution in [-0.4, -0.2) is 15.5 Å². The van der Waals surface area contributed by atoms with Crippen LogP contribution in [0.3, 0.4) is 0 Å². The molecule has 0 aliphatic carbocycles. The molecule has 0 fully saturated rings. The molecule has 3 rings (SSSR count). The Morgan fingerprint density at radius 3 is 2.36 bits per heavy atom. The average Bonchev–Trinajstić information content (AvgIpc) is 2.60. The van der Waals surface area contributed by atoms with E-state index in [2.05, 4.69) is 4.72 Å². The number of benzene rings is 3. The lowest BCUT2D eigenvalue weighted by molar-refractivity contribution is 0.415. The molecule has 1 atom stereocenters. The minimum absolute atomic E-state index is 0.255. The first-order valence-corrected chi connectivity index (χ1v) is 9.55. The van der Waals surface area contributed by atoms with Crippen LogP contribution in [-0.2, 0) is 10.0 Å². The summed E-state index contributed by atoms with van der Waals surface area (Å²) in [5.41, 5.74) is 2.03. The highest BCUT2D eigenvalue weighted by Gasteiger charge is 2.19. The lowest BCUT2D eigenvalue weighted by atomic mass is 10.0. The Labute approximate surface area is 148 Å². The largest absolute Gasteiger partial charge is 0.497 e. The van der Waals surface area contributed by atoms with Crippen LogP contribution in [0.2, 0.25) is 0 Å². The van der Waals surface area contributed by atoms with Gasteiger partial charge in [0.15, 0.2) is 0 Å². The quantitative estimate of drug-likeness (QED) is 0.746. The van der Waals surface area contributed by atoms with E-state index in [1.54, 1.807) is 25.3 Å². The van der Waals surface area contributed by atoms with Gasteiger partial charge >= 0.3 is 0 Å². The topological polar surface area (TPSA) is 55.4 Å². The van der Waals surface area contributed by atoms with Crippen molar-refractivity contribution in [2.45, 2.75) is 24.8 Å². The van der Waals surface area contributed by atoms with Crippen LogP contribution in [0, 0.1) is 6.92 Å². The Hall–Kier alpha value is -2.37. The fourth-order valence-corrected chi connectivity index (χ4v) is 4.19. The van der Waals surface area contributed by atoms with Gasteiger partial charge in [-0.3, -0.25) is 0 Å². The predicted molar refractivity (Wildman–Crippen MR) is 100 cm³/mol. The maximum atomic E-state index is 12.8. The highest BCUT2D eigenvalue weighted by atomic mass is 32.2. The van der Waals surface area contributed by atoms with Gasteiger partial charge < -0.3 is 4.74 Å². The summed E-state index contributed by atoms with van der Waals surface area (Å²) in [6.07, 6.45) is 0. The molecule has 0 saturated carbocycles. The smallest absolute Gasteiger partial charge is 0.241 e. The third-order valence-corrected chi connectivity index (χ3v) is 5.85. The number of ether oxygens (including phenoxy) is 1. The molecule has 3 aromatic carbocycles. The van der Waals surface area contributed by atoms with Crippen molar-refractivity contribution in [2.24, 2.45) is 0 Å². The molecule has 0 radical (unpaired) electrons. The Bertz CT molecular complexity index is 1010. The van der Waals surface area contributed by atoms with Crippen molar-refractivity contribution in [1.29, 1.82) is 0 Å². The van der Waals surface area contributed by atoms with Crippen LogP contribution in [0.4, 0.5) is 0 Å². The molecular weight excluding hydrogens is 334 g/mol. The molecule has 0 heterocycles. The van der Waals surface area contributed by atoms with Crippen LogP contribution in [0.1, 0.15) is 24.1 Å². The van der Waals surface area contributed by atoms with E-state index in [9.17, 15) is 8.42 Å². The average molecular weight is 355 g/mol.